The number of hydrogen-bond acceptors (Lipinski definition) is 5. The van der Waals surface area contributed by atoms with Crippen LogP contribution in [0, 0.1) is 13.8 Å². The summed E-state index contributed by atoms with van der Waals surface area (Å²) in [4.78, 5) is 44.7. The van der Waals surface area contributed by atoms with E-state index in [0.717, 1.165) is 4.47 Å². The van der Waals surface area contributed by atoms with Crippen LogP contribution in [0.2, 0.25) is 0 Å². The van der Waals surface area contributed by atoms with E-state index in [1.54, 1.807) is 39.0 Å². The van der Waals surface area contributed by atoms with Gasteiger partial charge in [0, 0.05) is 15.7 Å². The largest absolute Gasteiger partial charge is 0.461 e. The highest BCUT2D eigenvalue weighted by Crippen LogP contribution is 2.20. The minimum Gasteiger partial charge on any atom is -0.461 e. The molecule has 27 heavy (non-hydrogen) atoms. The number of nitrogens with zero attached hydrogens (tertiary/aromatic N) is 2. The molecule has 0 saturated heterocycles. The number of esters is 1. The summed E-state index contributed by atoms with van der Waals surface area (Å²) < 4.78 is 7.03. The zero-order chi connectivity index (χ0) is 19.7. The normalized spacial score (nSPS) is 11.0. The molecule has 140 valence electrons. The van der Waals surface area contributed by atoms with E-state index in [2.05, 4.69) is 25.9 Å². The van der Waals surface area contributed by atoms with Crippen molar-refractivity contribution < 1.29 is 14.3 Å². The molecule has 1 N–H and O–H groups in total. The van der Waals surface area contributed by atoms with E-state index < -0.39 is 5.97 Å². The molecule has 7 nitrogen and oxygen atoms in total. The van der Waals surface area contributed by atoms with E-state index >= 15 is 0 Å². The zero-order valence-electron chi connectivity index (χ0n) is 15.1. The quantitative estimate of drug-likeness (QED) is 0.494. The number of halogens is 1. The summed E-state index contributed by atoms with van der Waals surface area (Å²) in [7, 11) is 0. The number of ether oxygens (including phenoxy) is 1. The molecule has 0 aliphatic rings. The second kappa shape index (κ2) is 7.48. The van der Waals surface area contributed by atoms with Gasteiger partial charge in [-0.1, -0.05) is 15.9 Å². The third kappa shape index (κ3) is 3.57. The van der Waals surface area contributed by atoms with Crippen LogP contribution in [-0.4, -0.2) is 32.9 Å². The van der Waals surface area contributed by atoms with E-state index in [4.69, 9.17) is 4.74 Å². The highest BCUT2D eigenvalue weighted by molar-refractivity contribution is 9.10. The van der Waals surface area contributed by atoms with Crippen LogP contribution in [0.4, 0.5) is 0 Å². The monoisotopic (exact) mass is 431 g/mol. The summed E-state index contributed by atoms with van der Waals surface area (Å²) in [6, 6.07) is 5.21. The number of aromatic amines is 1. The molecule has 3 aromatic rings. The predicted molar refractivity (Wildman–Crippen MR) is 104 cm³/mol. The average Bonchev–Trinajstić information content (AvgIpc) is 2.92. The molecule has 8 heteroatoms. The first-order valence-corrected chi connectivity index (χ1v) is 9.17. The van der Waals surface area contributed by atoms with Gasteiger partial charge >= 0.3 is 5.97 Å². The molecule has 0 spiro atoms. The highest BCUT2D eigenvalue weighted by atomic mass is 79.9. The highest BCUT2D eigenvalue weighted by Gasteiger charge is 2.23. The van der Waals surface area contributed by atoms with E-state index in [0.29, 0.717) is 27.7 Å². The van der Waals surface area contributed by atoms with Gasteiger partial charge in [0.2, 0.25) is 0 Å². The van der Waals surface area contributed by atoms with Crippen molar-refractivity contribution in [3.63, 3.8) is 0 Å². The summed E-state index contributed by atoms with van der Waals surface area (Å²) in [5.41, 5.74) is 1.98. The Hall–Kier alpha value is -2.74. The molecule has 0 unspecified atom stereocenters. The molecule has 0 atom stereocenters. The number of nitrogens with one attached hydrogen (secondary N) is 1. The molecule has 0 radical (unpaired) electrons. The fraction of sp³-hybridized carbons (Fsp3) is 0.263. The standard InChI is InChI=1S/C19H18BrN3O4/c1-4-27-19(26)17-10(2)16(11(3)22-17)15(24)8-23-9-21-14-6-5-12(20)7-13(14)18(23)25/h5-7,9,22H,4,8H2,1-3H3. The summed E-state index contributed by atoms with van der Waals surface area (Å²) in [6.07, 6.45) is 1.36. The molecule has 2 heterocycles. The number of hydrogen-bond donors (Lipinski definition) is 1. The summed E-state index contributed by atoms with van der Waals surface area (Å²) in [5.74, 6) is -0.790. The van der Waals surface area contributed by atoms with Crippen molar-refractivity contribution in [2.75, 3.05) is 6.61 Å². The zero-order valence-corrected chi connectivity index (χ0v) is 16.7. The number of rotatable bonds is 5. The van der Waals surface area contributed by atoms with Crippen molar-refractivity contribution in [3.8, 4) is 0 Å². The number of ketones is 1. The molecule has 0 amide bonds. The van der Waals surface area contributed by atoms with Crippen molar-refractivity contribution >= 4 is 38.6 Å². The Bertz CT molecular complexity index is 1110. The van der Waals surface area contributed by atoms with Crippen LogP contribution in [0.15, 0.2) is 33.8 Å². The van der Waals surface area contributed by atoms with Crippen LogP contribution in [0.3, 0.4) is 0 Å². The van der Waals surface area contributed by atoms with E-state index in [-0.39, 0.29) is 30.2 Å². The second-order valence-electron chi connectivity index (χ2n) is 6.11. The van der Waals surface area contributed by atoms with Crippen LogP contribution >= 0.6 is 15.9 Å². The SMILES string of the molecule is CCOC(=O)c1[nH]c(C)c(C(=O)Cn2cnc3ccc(Br)cc3c2=O)c1C. The first-order valence-electron chi connectivity index (χ1n) is 8.37. The predicted octanol–water partition coefficient (Wildman–Crippen LogP) is 3.16. The van der Waals surface area contributed by atoms with Gasteiger partial charge in [-0.2, -0.15) is 0 Å². The van der Waals surface area contributed by atoms with Crippen molar-refractivity contribution in [1.29, 1.82) is 0 Å². The Kier molecular flexibility index (Phi) is 5.27. The fourth-order valence-corrected chi connectivity index (χ4v) is 3.41. The Morgan fingerprint density at radius 2 is 2.04 bits per heavy atom. The molecule has 0 saturated carbocycles. The summed E-state index contributed by atoms with van der Waals surface area (Å²) in [5, 5.41) is 0.425. The molecule has 1 aromatic carbocycles. The molecule has 0 aliphatic carbocycles. The number of fused-ring (bicyclic) bond motifs is 1. The Labute approximate surface area is 163 Å². The Morgan fingerprint density at radius 3 is 2.74 bits per heavy atom. The van der Waals surface area contributed by atoms with Gasteiger partial charge in [0.1, 0.15) is 5.69 Å². The van der Waals surface area contributed by atoms with E-state index in [1.165, 1.54) is 10.9 Å². The molecular weight excluding hydrogens is 414 g/mol. The van der Waals surface area contributed by atoms with Gasteiger partial charge in [0.15, 0.2) is 5.78 Å². The van der Waals surface area contributed by atoms with E-state index in [1.807, 2.05) is 0 Å². The number of H-pyrrole nitrogens is 1. The van der Waals surface area contributed by atoms with Gasteiger partial charge in [-0.15, -0.1) is 0 Å². The van der Waals surface area contributed by atoms with Gasteiger partial charge in [0.25, 0.3) is 5.56 Å². The van der Waals surface area contributed by atoms with Crippen LogP contribution in [-0.2, 0) is 11.3 Å². The molecule has 0 bridgehead atoms. The molecule has 3 rings (SSSR count). The molecular formula is C19H18BrN3O4. The van der Waals surface area contributed by atoms with E-state index in [9.17, 15) is 14.4 Å². The Morgan fingerprint density at radius 1 is 1.30 bits per heavy atom. The third-order valence-electron chi connectivity index (χ3n) is 4.30. The summed E-state index contributed by atoms with van der Waals surface area (Å²) >= 11 is 3.34. The second-order valence-corrected chi connectivity index (χ2v) is 7.02. The Balaban J connectivity index is 1.97. The number of Topliss-reactive ketones (excluding diaryl/α,β-unsaturated/α-hetero) is 1. The molecule has 0 fully saturated rings. The number of aryl methyl sites for hydroxylation is 1. The van der Waals surface area contributed by atoms with Gasteiger partial charge in [-0.05, 0) is 44.5 Å². The van der Waals surface area contributed by atoms with Crippen LogP contribution in [0.5, 0.6) is 0 Å². The average molecular weight is 432 g/mol. The minimum atomic E-state index is -0.508. The molecule has 0 aliphatic heterocycles. The first-order chi connectivity index (χ1) is 12.8. The maximum absolute atomic E-state index is 12.8. The fourth-order valence-electron chi connectivity index (χ4n) is 3.05. The van der Waals surface area contributed by atoms with Gasteiger partial charge in [-0.3, -0.25) is 14.2 Å². The van der Waals surface area contributed by atoms with Gasteiger partial charge < -0.3 is 9.72 Å². The van der Waals surface area contributed by atoms with Crippen molar-refractivity contribution in [2.45, 2.75) is 27.3 Å². The van der Waals surface area contributed by atoms with Crippen LogP contribution < -0.4 is 5.56 Å². The number of benzene rings is 1. The smallest absolute Gasteiger partial charge is 0.355 e. The lowest BCUT2D eigenvalue weighted by Gasteiger charge is -2.07. The lowest BCUT2D eigenvalue weighted by atomic mass is 10.1. The van der Waals surface area contributed by atoms with Crippen molar-refractivity contribution in [1.82, 2.24) is 14.5 Å². The van der Waals surface area contributed by atoms with Crippen LogP contribution in [0.1, 0.15) is 39.0 Å². The van der Waals surface area contributed by atoms with Crippen LogP contribution in [0.25, 0.3) is 10.9 Å². The first kappa shape index (κ1) is 19.0. The van der Waals surface area contributed by atoms with Gasteiger partial charge in [0.05, 0.1) is 30.4 Å². The third-order valence-corrected chi connectivity index (χ3v) is 4.79. The topological polar surface area (TPSA) is 94.1 Å². The number of carbonyl (C=O) groups excluding carboxylic acids is 2. The van der Waals surface area contributed by atoms with Crippen molar-refractivity contribution in [2.24, 2.45) is 0 Å². The lowest BCUT2D eigenvalue weighted by molar-refractivity contribution is 0.0519. The number of carbonyl (C=O) groups is 2. The molecule has 2 aromatic heterocycles. The lowest BCUT2D eigenvalue weighted by Crippen LogP contribution is -2.25. The van der Waals surface area contributed by atoms with Gasteiger partial charge in [-0.25, -0.2) is 9.78 Å². The summed E-state index contributed by atoms with van der Waals surface area (Å²) in [6.45, 7) is 5.18. The maximum atomic E-state index is 12.8. The number of aromatic nitrogens is 3. The minimum absolute atomic E-state index is 0.171. The maximum Gasteiger partial charge on any atom is 0.355 e. The van der Waals surface area contributed by atoms with Crippen molar-refractivity contribution in [3.05, 3.63) is 61.9 Å².